The third-order valence-corrected chi connectivity index (χ3v) is 30.2. The van der Waals surface area contributed by atoms with Gasteiger partial charge in [-0.3, -0.25) is 0 Å². The minimum Gasteiger partial charge on any atom is -0.309 e. The molecule has 150 heavy (non-hydrogen) atoms. The first kappa shape index (κ1) is 90.7. The van der Waals surface area contributed by atoms with E-state index in [9.17, 15) is 0 Å². The smallest absolute Gasteiger partial charge is 0.0535 e. The fourth-order valence-corrected chi connectivity index (χ4v) is 23.4. The van der Waals surface area contributed by atoms with Gasteiger partial charge in [0.1, 0.15) is 0 Å². The molecule has 25 aromatic carbocycles. The van der Waals surface area contributed by atoms with Gasteiger partial charge in [0.25, 0.3) is 0 Å². The SMILES string of the molecule is Cc1cc(C)cc(-c2c3ccccc3c(-c3ccc4ccccc4c3)c3ccc(-n4c(-c5ccccc5)ccc4-c4ccccc4)cc23)c1.Cc1ccccc1-c1c2ccccc2c(-c2ccc3ccccc3c2)c2cc(-n3c(-c4ccccc4)ccc3-c3ccccc3)ccc12.c1ccc(-c2cccc(-c3c4ccccc4c(-c4ccc5ccccc5c4)c4cc(-n5c(-c6ccccc6)ccc5-c5ccccc5)ccc34)c2)cc1. The lowest BCUT2D eigenvalue weighted by atomic mass is 9.84. The van der Waals surface area contributed by atoms with Crippen LogP contribution in [-0.4, -0.2) is 13.7 Å². The number of hydrogen-bond acceptors (Lipinski definition) is 0. The highest BCUT2D eigenvalue weighted by atomic mass is 15.0. The zero-order chi connectivity index (χ0) is 100. The molecule has 0 spiro atoms. The number of rotatable bonds is 16. The van der Waals surface area contributed by atoms with Gasteiger partial charge >= 0.3 is 0 Å². The van der Waals surface area contributed by atoms with Gasteiger partial charge < -0.3 is 13.7 Å². The molecule has 28 rings (SSSR count). The van der Waals surface area contributed by atoms with Gasteiger partial charge in [-0.25, -0.2) is 0 Å². The molecular formula is C147H103N3. The molecule has 0 unspecified atom stereocenters. The molecule has 0 aliphatic heterocycles. The second-order valence-electron chi connectivity index (χ2n) is 39.4. The van der Waals surface area contributed by atoms with Crippen LogP contribution in [0.25, 0.3) is 259 Å². The maximum Gasteiger partial charge on any atom is 0.0535 e. The maximum atomic E-state index is 2.43. The molecule has 0 saturated carbocycles. The minimum atomic E-state index is 1.13. The molecule has 0 amide bonds. The summed E-state index contributed by atoms with van der Waals surface area (Å²) < 4.78 is 7.29. The van der Waals surface area contributed by atoms with Crippen molar-refractivity contribution in [3.63, 3.8) is 0 Å². The number of nitrogens with zero attached hydrogens (tertiary/aromatic N) is 3. The van der Waals surface area contributed by atoms with E-state index in [4.69, 9.17) is 0 Å². The van der Waals surface area contributed by atoms with Gasteiger partial charge in [-0.1, -0.05) is 484 Å². The first-order chi connectivity index (χ1) is 74.2. The van der Waals surface area contributed by atoms with Crippen molar-refractivity contribution in [2.75, 3.05) is 0 Å². The normalized spacial score (nSPS) is 11.4. The quantitative estimate of drug-likeness (QED) is 0.0857. The third kappa shape index (κ3) is 16.9. The molecule has 3 heteroatoms. The summed E-state index contributed by atoms with van der Waals surface area (Å²) in [5, 5.41) is 22.5. The molecule has 28 aromatic rings. The highest BCUT2D eigenvalue weighted by Gasteiger charge is 2.27. The second-order valence-corrected chi connectivity index (χ2v) is 39.4. The van der Waals surface area contributed by atoms with Crippen molar-refractivity contribution in [1.29, 1.82) is 0 Å². The van der Waals surface area contributed by atoms with E-state index < -0.39 is 0 Å². The molecule has 706 valence electrons. The van der Waals surface area contributed by atoms with Gasteiger partial charge in [-0.2, -0.15) is 0 Å². The van der Waals surface area contributed by atoms with Crippen LogP contribution in [-0.2, 0) is 0 Å². The minimum absolute atomic E-state index is 1.13. The summed E-state index contributed by atoms with van der Waals surface area (Å²) in [4.78, 5) is 0. The summed E-state index contributed by atoms with van der Waals surface area (Å²) in [5.41, 5.74) is 38.8. The van der Waals surface area contributed by atoms with E-state index in [0.29, 0.717) is 0 Å². The van der Waals surface area contributed by atoms with Crippen LogP contribution < -0.4 is 0 Å². The fourth-order valence-electron chi connectivity index (χ4n) is 23.4. The highest BCUT2D eigenvalue weighted by Crippen LogP contribution is 2.52. The Morgan fingerprint density at radius 3 is 0.673 bits per heavy atom. The topological polar surface area (TPSA) is 14.8 Å². The van der Waals surface area contributed by atoms with Crippen molar-refractivity contribution in [2.24, 2.45) is 0 Å². The Morgan fingerprint density at radius 1 is 0.120 bits per heavy atom. The van der Waals surface area contributed by atoms with Gasteiger partial charge in [-0.05, 0) is 332 Å². The van der Waals surface area contributed by atoms with E-state index in [2.05, 4.69) is 605 Å². The molecule has 0 radical (unpaired) electrons. The fraction of sp³-hybridized carbons (Fsp3) is 0.0204. The lowest BCUT2D eigenvalue weighted by Crippen LogP contribution is -2.00. The van der Waals surface area contributed by atoms with Crippen LogP contribution >= 0.6 is 0 Å². The maximum absolute atomic E-state index is 2.43. The van der Waals surface area contributed by atoms with Crippen molar-refractivity contribution in [3.8, 4) is 162 Å². The van der Waals surface area contributed by atoms with Crippen LogP contribution in [0.4, 0.5) is 0 Å². The predicted molar refractivity (Wildman–Crippen MR) is 640 cm³/mol. The molecular weight excluding hydrogens is 1810 g/mol. The Balaban J connectivity index is 0.000000114. The molecule has 0 atom stereocenters. The first-order valence-electron chi connectivity index (χ1n) is 51.9. The number of aryl methyl sites for hydroxylation is 3. The Morgan fingerprint density at radius 2 is 0.353 bits per heavy atom. The average molecular weight is 1910 g/mol. The van der Waals surface area contributed by atoms with Crippen molar-refractivity contribution >= 4 is 97.0 Å². The Hall–Kier alpha value is -19.3. The van der Waals surface area contributed by atoms with Gasteiger partial charge in [0.15, 0.2) is 0 Å². The number of aromatic nitrogens is 3. The Labute approximate surface area is 874 Å². The molecule has 3 nitrogen and oxygen atoms in total. The molecule has 3 aromatic heterocycles. The summed E-state index contributed by atoms with van der Waals surface area (Å²) in [7, 11) is 0. The molecule has 0 fully saturated rings. The summed E-state index contributed by atoms with van der Waals surface area (Å²) in [6.45, 7) is 6.63. The van der Waals surface area contributed by atoms with Crippen LogP contribution in [0.3, 0.4) is 0 Å². The largest absolute Gasteiger partial charge is 0.309 e. The number of fused-ring (bicyclic) bond motifs is 9. The molecule has 0 aliphatic rings. The number of benzene rings is 25. The third-order valence-electron chi connectivity index (χ3n) is 30.2. The van der Waals surface area contributed by atoms with Crippen LogP contribution in [0.2, 0.25) is 0 Å². The summed E-state index contributed by atoms with van der Waals surface area (Å²) in [6, 6.07) is 208. The van der Waals surface area contributed by atoms with E-state index in [0.717, 1.165) is 28.5 Å². The van der Waals surface area contributed by atoms with Crippen molar-refractivity contribution in [3.05, 3.63) is 587 Å². The molecule has 0 N–H and O–H groups in total. The lowest BCUT2D eigenvalue weighted by Gasteiger charge is -2.21. The Kier molecular flexibility index (Phi) is 23.8. The van der Waals surface area contributed by atoms with Gasteiger partial charge in [0.05, 0.1) is 34.2 Å². The van der Waals surface area contributed by atoms with Crippen molar-refractivity contribution in [1.82, 2.24) is 13.7 Å². The van der Waals surface area contributed by atoms with Crippen molar-refractivity contribution < 1.29 is 0 Å². The lowest BCUT2D eigenvalue weighted by molar-refractivity contribution is 1.10. The number of hydrogen-bond donors (Lipinski definition) is 0. The summed E-state index contributed by atoms with van der Waals surface area (Å²) >= 11 is 0. The van der Waals surface area contributed by atoms with Crippen LogP contribution in [0.5, 0.6) is 0 Å². The van der Waals surface area contributed by atoms with Gasteiger partial charge in [-0.15, -0.1) is 0 Å². The van der Waals surface area contributed by atoms with E-state index >= 15 is 0 Å². The zero-order valence-corrected chi connectivity index (χ0v) is 83.6. The molecule has 0 bridgehead atoms. The average Bonchev–Trinajstić information content (AvgIpc) is 0.941. The zero-order valence-electron chi connectivity index (χ0n) is 83.6. The highest BCUT2D eigenvalue weighted by molar-refractivity contribution is 6.26. The standard InChI is InChI=1S/C52H35N.C48H35N.C47H33N/c1-4-15-36(16-5-1)41-23-14-24-42(33-41)51-45-25-12-13-26-46(45)52(43-28-27-37-17-10-11-22-40(37)34-43)48-35-44(29-30-47(48)51)53-49(38-18-6-2-7-19-38)31-32-50(53)39-20-8-3-9-21-39;1-32-27-33(2)29-39(28-32)48-42-20-12-11-19-41(42)47(38-22-21-34-13-9-10-18-37(34)30-38)43-24-23-40(31-44(43)48)49-45(35-14-5-3-6-15-35)25-26-46(49)36-16-7-4-8-17-36;1-32-14-8-11-21-39(32)47-41-23-13-12-22-40(41)46(37-25-24-33-15-9-10-20-36(33)30-37)43-31-38(26-27-42(43)47)48-44(34-16-4-2-5-17-34)28-29-45(48)35-18-6-3-7-19-35/h1-35H;3-31H,1-2H3;2-31H,1H3. The molecule has 0 saturated heterocycles. The van der Waals surface area contributed by atoms with Crippen LogP contribution in [0.15, 0.2) is 570 Å². The second kappa shape index (κ2) is 39.3. The monoisotopic (exact) mass is 1910 g/mol. The predicted octanol–water partition coefficient (Wildman–Crippen LogP) is 40.4. The summed E-state index contributed by atoms with van der Waals surface area (Å²) in [6.07, 6.45) is 0. The van der Waals surface area contributed by atoms with Crippen molar-refractivity contribution in [2.45, 2.75) is 20.8 Å². The first-order valence-corrected chi connectivity index (χ1v) is 51.9. The van der Waals surface area contributed by atoms with E-state index in [1.807, 2.05) is 0 Å². The van der Waals surface area contributed by atoms with Gasteiger partial charge in [0.2, 0.25) is 0 Å². The van der Waals surface area contributed by atoms with E-state index in [1.54, 1.807) is 0 Å². The molecule has 3 heterocycles. The van der Waals surface area contributed by atoms with Crippen LogP contribution in [0.1, 0.15) is 16.7 Å². The molecule has 0 aliphatic carbocycles. The Bertz CT molecular complexity index is 9820. The summed E-state index contributed by atoms with van der Waals surface area (Å²) in [5.74, 6) is 0. The van der Waals surface area contributed by atoms with E-state index in [-0.39, 0.29) is 0 Å². The van der Waals surface area contributed by atoms with E-state index in [1.165, 1.54) is 248 Å². The van der Waals surface area contributed by atoms with Crippen LogP contribution in [0, 0.1) is 20.8 Å². The van der Waals surface area contributed by atoms with Gasteiger partial charge in [0, 0.05) is 17.1 Å².